The Balaban J connectivity index is 1.26. The third-order valence-corrected chi connectivity index (χ3v) is 7.34. The molecule has 0 saturated heterocycles. The molecule has 0 bridgehead atoms. The molecule has 0 aliphatic carbocycles. The van der Waals surface area contributed by atoms with Gasteiger partial charge in [-0.25, -0.2) is 4.98 Å². The van der Waals surface area contributed by atoms with E-state index in [1.165, 1.54) is 29.2 Å². The number of carbonyl (C=O) groups excluding carboxylic acids is 1. The van der Waals surface area contributed by atoms with E-state index in [0.29, 0.717) is 27.4 Å². The number of alkyl halides is 3. The fourth-order valence-corrected chi connectivity index (χ4v) is 5.36. The molecular weight excluding hydrogens is 535 g/mol. The Labute approximate surface area is 223 Å². The molecule has 0 atom stereocenters. The van der Waals surface area contributed by atoms with Crippen molar-refractivity contribution in [1.29, 1.82) is 0 Å². The number of amides is 1. The highest BCUT2D eigenvalue weighted by molar-refractivity contribution is 7.99. The summed E-state index contributed by atoms with van der Waals surface area (Å²) in [5.41, 5.74) is 1.69. The van der Waals surface area contributed by atoms with Gasteiger partial charge in [-0.3, -0.25) is 9.36 Å². The van der Waals surface area contributed by atoms with Gasteiger partial charge in [-0.1, -0.05) is 48.2 Å². The monoisotopic (exact) mass is 555 g/mol. The first-order chi connectivity index (χ1) is 18.3. The molecule has 0 saturated carbocycles. The van der Waals surface area contributed by atoms with Crippen LogP contribution in [-0.4, -0.2) is 31.4 Å². The van der Waals surface area contributed by atoms with Crippen molar-refractivity contribution in [3.8, 4) is 17.3 Å². The number of anilines is 1. The number of thioether (sulfide) groups is 1. The number of nitrogens with one attached hydrogen (secondary N) is 1. The standard InChI is InChI=1S/C26H20F3N5O2S2/c1-16-6-2-3-9-20(16)34-23(21-10-5-11-36-21)32-33-25(34)37-15-22(35)31-24-30-14-19(38-24)13-17-7-4-8-18(12-17)26(27,28)29/h2-12,14H,13,15H2,1H3,(H,30,31,35). The van der Waals surface area contributed by atoms with Crippen molar-refractivity contribution in [1.82, 2.24) is 19.7 Å². The molecule has 0 unspecified atom stereocenters. The van der Waals surface area contributed by atoms with E-state index >= 15 is 0 Å². The molecule has 0 spiro atoms. The van der Waals surface area contributed by atoms with E-state index < -0.39 is 11.7 Å². The summed E-state index contributed by atoms with van der Waals surface area (Å²) in [6, 6.07) is 16.5. The van der Waals surface area contributed by atoms with Crippen LogP contribution in [0.4, 0.5) is 18.3 Å². The Morgan fingerprint density at radius 1 is 1.11 bits per heavy atom. The lowest BCUT2D eigenvalue weighted by Gasteiger charge is -2.11. The summed E-state index contributed by atoms with van der Waals surface area (Å²) in [6.45, 7) is 1.97. The fraction of sp³-hybridized carbons (Fsp3) is 0.154. The zero-order chi connectivity index (χ0) is 26.7. The number of benzene rings is 2. The van der Waals surface area contributed by atoms with Crippen LogP contribution in [0.1, 0.15) is 21.6 Å². The van der Waals surface area contributed by atoms with Gasteiger partial charge in [0.2, 0.25) is 11.7 Å². The minimum atomic E-state index is -4.40. The molecule has 38 heavy (non-hydrogen) atoms. The highest BCUT2D eigenvalue weighted by Gasteiger charge is 2.30. The summed E-state index contributed by atoms with van der Waals surface area (Å²) in [5, 5.41) is 12.2. The van der Waals surface area contributed by atoms with Crippen LogP contribution in [-0.2, 0) is 17.4 Å². The number of rotatable bonds is 8. The van der Waals surface area contributed by atoms with Gasteiger partial charge < -0.3 is 9.73 Å². The van der Waals surface area contributed by atoms with Gasteiger partial charge in [0, 0.05) is 17.5 Å². The van der Waals surface area contributed by atoms with Crippen molar-refractivity contribution >= 4 is 34.1 Å². The van der Waals surface area contributed by atoms with Crippen molar-refractivity contribution in [2.75, 3.05) is 11.1 Å². The molecule has 0 aliphatic heterocycles. The van der Waals surface area contributed by atoms with Gasteiger partial charge in [0.25, 0.3) is 0 Å². The number of nitrogens with zero attached hydrogens (tertiary/aromatic N) is 4. The van der Waals surface area contributed by atoms with Crippen molar-refractivity contribution in [3.05, 3.63) is 94.7 Å². The van der Waals surface area contributed by atoms with E-state index in [9.17, 15) is 18.0 Å². The summed E-state index contributed by atoms with van der Waals surface area (Å²) in [7, 11) is 0. The molecule has 194 valence electrons. The largest absolute Gasteiger partial charge is 0.461 e. The van der Waals surface area contributed by atoms with Crippen molar-refractivity contribution in [2.24, 2.45) is 0 Å². The number of hydrogen-bond donors (Lipinski definition) is 1. The van der Waals surface area contributed by atoms with Gasteiger partial charge in [0.15, 0.2) is 16.0 Å². The fourth-order valence-electron chi connectivity index (χ4n) is 3.75. The number of aromatic nitrogens is 4. The van der Waals surface area contributed by atoms with E-state index in [1.54, 1.807) is 30.7 Å². The van der Waals surface area contributed by atoms with E-state index in [2.05, 4.69) is 20.5 Å². The number of furan rings is 1. The molecule has 1 amide bonds. The molecule has 2 aromatic carbocycles. The van der Waals surface area contributed by atoms with Crippen LogP contribution in [0.15, 0.2) is 82.7 Å². The number of hydrogen-bond acceptors (Lipinski definition) is 7. The Kier molecular flexibility index (Phi) is 7.34. The summed E-state index contributed by atoms with van der Waals surface area (Å²) in [5.74, 6) is 0.818. The van der Waals surface area contributed by atoms with Crippen LogP contribution < -0.4 is 5.32 Å². The van der Waals surface area contributed by atoms with E-state index in [4.69, 9.17) is 4.42 Å². The Morgan fingerprint density at radius 2 is 1.95 bits per heavy atom. The summed E-state index contributed by atoms with van der Waals surface area (Å²) < 4.78 is 46.4. The Morgan fingerprint density at radius 3 is 2.71 bits per heavy atom. The predicted molar refractivity (Wildman–Crippen MR) is 140 cm³/mol. The van der Waals surface area contributed by atoms with Crippen LogP contribution in [0.5, 0.6) is 0 Å². The second-order valence-electron chi connectivity index (χ2n) is 8.25. The molecule has 5 rings (SSSR count). The molecular formula is C26H20F3N5O2S2. The van der Waals surface area contributed by atoms with Gasteiger partial charge in [0.05, 0.1) is 23.3 Å². The van der Waals surface area contributed by atoms with Crippen LogP contribution in [0, 0.1) is 6.92 Å². The minimum absolute atomic E-state index is 0.0463. The lowest BCUT2D eigenvalue weighted by atomic mass is 10.1. The molecule has 5 aromatic rings. The second kappa shape index (κ2) is 10.8. The van der Waals surface area contributed by atoms with E-state index in [0.717, 1.165) is 28.3 Å². The summed E-state index contributed by atoms with van der Waals surface area (Å²) in [4.78, 5) is 17.6. The number of thiazole rings is 1. The highest BCUT2D eigenvalue weighted by atomic mass is 32.2. The maximum absolute atomic E-state index is 13.0. The molecule has 3 aromatic heterocycles. The molecule has 1 N–H and O–H groups in total. The van der Waals surface area contributed by atoms with Gasteiger partial charge in [-0.2, -0.15) is 13.2 Å². The zero-order valence-electron chi connectivity index (χ0n) is 19.9. The lowest BCUT2D eigenvalue weighted by Crippen LogP contribution is -2.14. The third kappa shape index (κ3) is 5.81. The second-order valence-corrected chi connectivity index (χ2v) is 10.3. The van der Waals surface area contributed by atoms with Gasteiger partial charge in [-0.05, 0) is 42.3 Å². The number of halogens is 3. The van der Waals surface area contributed by atoms with Crippen molar-refractivity contribution in [2.45, 2.75) is 24.7 Å². The van der Waals surface area contributed by atoms with Crippen molar-refractivity contribution < 1.29 is 22.4 Å². The third-order valence-electron chi connectivity index (χ3n) is 5.50. The minimum Gasteiger partial charge on any atom is -0.461 e. The molecule has 7 nitrogen and oxygen atoms in total. The van der Waals surface area contributed by atoms with Gasteiger partial charge in [-0.15, -0.1) is 21.5 Å². The SMILES string of the molecule is Cc1ccccc1-n1c(SCC(=O)Nc2ncc(Cc3cccc(C(F)(F)F)c3)s2)nnc1-c1ccco1. The summed E-state index contributed by atoms with van der Waals surface area (Å²) >= 11 is 2.43. The average Bonchev–Trinajstić information content (AvgIpc) is 3.64. The van der Waals surface area contributed by atoms with Crippen LogP contribution in [0.2, 0.25) is 0 Å². The Hall–Kier alpha value is -3.90. The quantitative estimate of drug-likeness (QED) is 0.216. The van der Waals surface area contributed by atoms with E-state index in [-0.39, 0.29) is 18.1 Å². The average molecular weight is 556 g/mol. The summed E-state index contributed by atoms with van der Waals surface area (Å²) in [6.07, 6.45) is -1.01. The topological polar surface area (TPSA) is 85.8 Å². The molecule has 0 radical (unpaired) electrons. The van der Waals surface area contributed by atoms with Gasteiger partial charge in [0.1, 0.15) is 0 Å². The number of aryl methyl sites for hydroxylation is 1. The van der Waals surface area contributed by atoms with Gasteiger partial charge >= 0.3 is 6.18 Å². The molecule has 0 fully saturated rings. The molecule has 0 aliphatic rings. The molecule has 3 heterocycles. The predicted octanol–water partition coefficient (Wildman–Crippen LogP) is 6.63. The smallest absolute Gasteiger partial charge is 0.416 e. The first-order valence-corrected chi connectivity index (χ1v) is 13.2. The number of carbonyl (C=O) groups is 1. The van der Waals surface area contributed by atoms with Crippen LogP contribution in [0.3, 0.4) is 0 Å². The maximum atomic E-state index is 13.0. The maximum Gasteiger partial charge on any atom is 0.416 e. The van der Waals surface area contributed by atoms with Crippen LogP contribution >= 0.6 is 23.1 Å². The zero-order valence-corrected chi connectivity index (χ0v) is 21.5. The Bertz CT molecular complexity index is 1560. The van der Waals surface area contributed by atoms with E-state index in [1.807, 2.05) is 35.8 Å². The molecule has 12 heteroatoms. The van der Waals surface area contributed by atoms with Crippen molar-refractivity contribution in [3.63, 3.8) is 0 Å². The highest BCUT2D eigenvalue weighted by Crippen LogP contribution is 2.32. The van der Waals surface area contributed by atoms with Crippen LogP contribution in [0.25, 0.3) is 17.3 Å². The normalized spacial score (nSPS) is 11.6. The first kappa shape index (κ1) is 25.7. The lowest BCUT2D eigenvalue weighted by molar-refractivity contribution is -0.137. The number of para-hydroxylation sites is 1. The first-order valence-electron chi connectivity index (χ1n) is 11.4.